The number of sulfonamides is 1. The lowest BCUT2D eigenvalue weighted by molar-refractivity contribution is -0.127. The summed E-state index contributed by atoms with van der Waals surface area (Å²) in [5.74, 6) is -0.124. The number of anilines is 1. The Bertz CT molecular complexity index is 562. The van der Waals surface area contributed by atoms with Gasteiger partial charge in [-0.1, -0.05) is 0 Å². The number of hydrogen-bond donors (Lipinski definition) is 1. The molecule has 2 rings (SSSR count). The molecule has 19 heavy (non-hydrogen) atoms. The summed E-state index contributed by atoms with van der Waals surface area (Å²) in [7, 11) is -2.07. The number of nitrogens with zero attached hydrogens (tertiary/aromatic N) is 1. The van der Waals surface area contributed by atoms with Crippen LogP contribution in [0.3, 0.4) is 0 Å². The molecule has 0 bridgehead atoms. The Morgan fingerprint density at radius 2 is 2.00 bits per heavy atom. The van der Waals surface area contributed by atoms with E-state index in [2.05, 4.69) is 0 Å². The maximum absolute atomic E-state index is 12.1. The number of benzene rings is 1. The summed E-state index contributed by atoms with van der Waals surface area (Å²) >= 11 is 0. The van der Waals surface area contributed by atoms with Crippen LogP contribution in [0.2, 0.25) is 0 Å². The predicted molar refractivity (Wildman–Crippen MR) is 70.2 cm³/mol. The number of nitrogens with two attached hydrogens (primary N) is 1. The molecular formula is C12H16N2O4S. The average molecular weight is 284 g/mol. The second-order valence-corrected chi connectivity index (χ2v) is 6.00. The van der Waals surface area contributed by atoms with Crippen molar-refractivity contribution in [2.75, 3.05) is 18.6 Å². The van der Waals surface area contributed by atoms with Gasteiger partial charge in [0.05, 0.1) is 4.90 Å². The highest BCUT2D eigenvalue weighted by atomic mass is 32.2. The number of hydrogen-bond acceptors (Lipinski definition) is 4. The highest BCUT2D eigenvalue weighted by Crippen LogP contribution is 2.20. The molecular weight excluding hydrogens is 268 g/mol. The molecule has 0 saturated carbocycles. The van der Waals surface area contributed by atoms with E-state index in [4.69, 9.17) is 9.88 Å². The number of amides is 1. The van der Waals surface area contributed by atoms with Crippen molar-refractivity contribution < 1.29 is 17.9 Å². The molecule has 1 saturated heterocycles. The molecule has 1 unspecified atom stereocenters. The summed E-state index contributed by atoms with van der Waals surface area (Å²) in [6.45, 7) is 0.606. The van der Waals surface area contributed by atoms with Crippen molar-refractivity contribution in [3.63, 3.8) is 0 Å². The first-order valence-electron chi connectivity index (χ1n) is 5.91. The van der Waals surface area contributed by atoms with E-state index in [1.807, 2.05) is 0 Å². The maximum Gasteiger partial charge on any atom is 0.255 e. The zero-order valence-corrected chi connectivity index (χ0v) is 11.4. The molecule has 6 nitrogen and oxygen atoms in total. The van der Waals surface area contributed by atoms with Gasteiger partial charge in [-0.3, -0.25) is 4.79 Å². The van der Waals surface area contributed by atoms with E-state index in [1.165, 1.54) is 17.0 Å². The van der Waals surface area contributed by atoms with Crippen molar-refractivity contribution >= 4 is 21.6 Å². The molecule has 7 heteroatoms. The number of primary sulfonamides is 1. The van der Waals surface area contributed by atoms with E-state index in [-0.39, 0.29) is 10.8 Å². The monoisotopic (exact) mass is 284 g/mol. The molecule has 1 aromatic rings. The fourth-order valence-corrected chi connectivity index (χ4v) is 2.49. The smallest absolute Gasteiger partial charge is 0.255 e. The molecule has 0 radical (unpaired) electrons. The van der Waals surface area contributed by atoms with Gasteiger partial charge in [0.25, 0.3) is 5.91 Å². The van der Waals surface area contributed by atoms with Crippen molar-refractivity contribution in [2.24, 2.45) is 5.14 Å². The molecule has 1 aliphatic heterocycles. The lowest BCUT2D eigenvalue weighted by atomic mass is 10.2. The summed E-state index contributed by atoms with van der Waals surface area (Å²) < 4.78 is 27.6. The molecule has 1 atom stereocenters. The van der Waals surface area contributed by atoms with Crippen molar-refractivity contribution in [2.45, 2.75) is 23.8 Å². The minimum absolute atomic E-state index is 0.0224. The van der Waals surface area contributed by atoms with Gasteiger partial charge in [-0.15, -0.1) is 0 Å². The topological polar surface area (TPSA) is 89.7 Å². The van der Waals surface area contributed by atoms with E-state index in [0.717, 1.165) is 12.8 Å². The third-order valence-corrected chi connectivity index (χ3v) is 4.02. The van der Waals surface area contributed by atoms with Gasteiger partial charge < -0.3 is 9.64 Å². The SMILES string of the molecule is CN(C(=O)C1CCCO1)c1ccc(S(N)(=O)=O)cc1. The number of ether oxygens (including phenoxy) is 1. The van der Waals surface area contributed by atoms with E-state index >= 15 is 0 Å². The Morgan fingerprint density at radius 3 is 2.47 bits per heavy atom. The minimum atomic E-state index is -3.71. The molecule has 0 spiro atoms. The second kappa shape index (κ2) is 5.28. The van der Waals surface area contributed by atoms with Crippen molar-refractivity contribution in [3.05, 3.63) is 24.3 Å². The van der Waals surface area contributed by atoms with Gasteiger partial charge in [-0.25, -0.2) is 13.6 Å². The Hall–Kier alpha value is -1.44. The van der Waals surface area contributed by atoms with Gasteiger partial charge in [0.1, 0.15) is 6.10 Å². The molecule has 1 amide bonds. The molecule has 1 aromatic carbocycles. The van der Waals surface area contributed by atoms with Crippen LogP contribution in [-0.2, 0) is 19.6 Å². The summed E-state index contributed by atoms with van der Waals surface area (Å²) in [5, 5.41) is 5.01. The van der Waals surface area contributed by atoms with Gasteiger partial charge in [0.15, 0.2) is 0 Å². The molecule has 1 heterocycles. The molecule has 0 aromatic heterocycles. The summed E-state index contributed by atoms with van der Waals surface area (Å²) in [6, 6.07) is 5.85. The van der Waals surface area contributed by atoms with Crippen LogP contribution >= 0.6 is 0 Å². The van der Waals surface area contributed by atoms with Gasteiger partial charge in [0, 0.05) is 19.3 Å². The van der Waals surface area contributed by atoms with E-state index < -0.39 is 16.1 Å². The van der Waals surface area contributed by atoms with Crippen molar-refractivity contribution in [1.29, 1.82) is 0 Å². The Balaban J connectivity index is 2.15. The highest BCUT2D eigenvalue weighted by molar-refractivity contribution is 7.89. The molecule has 1 fully saturated rings. The number of rotatable bonds is 3. The molecule has 104 valence electrons. The fourth-order valence-electron chi connectivity index (χ4n) is 1.98. The van der Waals surface area contributed by atoms with Gasteiger partial charge in [-0.05, 0) is 37.1 Å². The molecule has 1 aliphatic rings. The van der Waals surface area contributed by atoms with Crippen LogP contribution in [0.25, 0.3) is 0 Å². The quantitative estimate of drug-likeness (QED) is 0.874. The minimum Gasteiger partial charge on any atom is -0.368 e. The van der Waals surface area contributed by atoms with Crippen LogP contribution in [0, 0.1) is 0 Å². The van der Waals surface area contributed by atoms with Crippen LogP contribution in [0.4, 0.5) is 5.69 Å². The fraction of sp³-hybridized carbons (Fsp3) is 0.417. The lowest BCUT2D eigenvalue weighted by Crippen LogP contribution is -2.36. The maximum atomic E-state index is 12.1. The van der Waals surface area contributed by atoms with Crippen LogP contribution in [-0.4, -0.2) is 34.1 Å². The number of carbonyl (C=O) groups excluding carboxylic acids is 1. The lowest BCUT2D eigenvalue weighted by Gasteiger charge is -2.20. The van der Waals surface area contributed by atoms with Crippen molar-refractivity contribution in [1.82, 2.24) is 0 Å². The van der Waals surface area contributed by atoms with Crippen LogP contribution in [0.5, 0.6) is 0 Å². The normalized spacial score (nSPS) is 19.4. The van der Waals surface area contributed by atoms with E-state index in [1.54, 1.807) is 19.2 Å². The zero-order chi connectivity index (χ0) is 14.0. The Labute approximate surface area is 112 Å². The van der Waals surface area contributed by atoms with Crippen LogP contribution < -0.4 is 10.0 Å². The van der Waals surface area contributed by atoms with Crippen LogP contribution in [0.1, 0.15) is 12.8 Å². The third-order valence-electron chi connectivity index (χ3n) is 3.09. The van der Waals surface area contributed by atoms with Crippen molar-refractivity contribution in [3.8, 4) is 0 Å². The zero-order valence-electron chi connectivity index (χ0n) is 10.6. The summed E-state index contributed by atoms with van der Waals surface area (Å²) in [4.78, 5) is 13.6. The highest BCUT2D eigenvalue weighted by Gasteiger charge is 2.27. The first kappa shape index (κ1) is 14.0. The first-order valence-corrected chi connectivity index (χ1v) is 7.46. The van der Waals surface area contributed by atoms with E-state index in [0.29, 0.717) is 12.3 Å². The average Bonchev–Trinajstić information content (AvgIpc) is 2.90. The van der Waals surface area contributed by atoms with Gasteiger partial charge in [-0.2, -0.15) is 0 Å². The Kier molecular flexibility index (Phi) is 3.88. The molecule has 2 N–H and O–H groups in total. The number of carbonyl (C=O) groups is 1. The van der Waals surface area contributed by atoms with E-state index in [9.17, 15) is 13.2 Å². The summed E-state index contributed by atoms with van der Waals surface area (Å²) in [6.07, 6.45) is 1.20. The third kappa shape index (κ3) is 3.12. The first-order chi connectivity index (χ1) is 8.89. The van der Waals surface area contributed by atoms with Gasteiger partial charge in [0.2, 0.25) is 10.0 Å². The standard InChI is InChI=1S/C12H16N2O4S/c1-14(12(15)11-3-2-8-18-11)9-4-6-10(7-5-9)19(13,16)17/h4-7,11H,2-3,8H2,1H3,(H2,13,16,17). The largest absolute Gasteiger partial charge is 0.368 e. The van der Waals surface area contributed by atoms with Crippen LogP contribution in [0.15, 0.2) is 29.2 Å². The Morgan fingerprint density at radius 1 is 1.37 bits per heavy atom. The summed E-state index contributed by atoms with van der Waals surface area (Å²) in [5.41, 5.74) is 0.605. The molecule has 0 aliphatic carbocycles. The van der Waals surface area contributed by atoms with Gasteiger partial charge >= 0.3 is 0 Å². The number of likely N-dealkylation sites (N-methyl/N-ethyl adjacent to an activating group) is 1. The predicted octanol–water partition coefficient (Wildman–Crippen LogP) is 0.476. The second-order valence-electron chi connectivity index (χ2n) is 4.44.